The minimum Gasteiger partial charge on any atom is -0.399 e. The van der Waals surface area contributed by atoms with Crippen molar-refractivity contribution in [3.05, 3.63) is 58.1 Å². The molecule has 4 heteroatoms. The fraction of sp³-hybridized carbons (Fsp3) is 0.133. The van der Waals surface area contributed by atoms with Crippen LogP contribution in [0.4, 0.5) is 11.4 Å². The molecule has 0 spiro atoms. The zero-order valence-corrected chi connectivity index (χ0v) is 11.6. The molecular weight excluding hydrogens is 260 g/mol. The summed E-state index contributed by atoms with van der Waals surface area (Å²) >= 11 is 6.03. The number of anilines is 2. The lowest BCUT2D eigenvalue weighted by Crippen LogP contribution is -2.14. The third kappa shape index (κ3) is 3.06. The molecule has 3 nitrogen and oxygen atoms in total. The van der Waals surface area contributed by atoms with Crippen LogP contribution in [0.5, 0.6) is 0 Å². The van der Waals surface area contributed by atoms with Crippen LogP contribution >= 0.6 is 11.6 Å². The van der Waals surface area contributed by atoms with Gasteiger partial charge in [-0.1, -0.05) is 29.3 Å². The molecule has 1 amide bonds. The average Bonchev–Trinajstić information content (AvgIpc) is 2.36. The fourth-order valence-electron chi connectivity index (χ4n) is 1.81. The normalized spacial score (nSPS) is 10.3. The third-order valence-electron chi connectivity index (χ3n) is 2.88. The molecule has 0 unspecified atom stereocenters. The molecule has 0 heterocycles. The summed E-state index contributed by atoms with van der Waals surface area (Å²) in [6.45, 7) is 3.85. The molecule has 0 bridgehead atoms. The summed E-state index contributed by atoms with van der Waals surface area (Å²) in [5.41, 5.74) is 9.36. The number of carbonyl (C=O) groups is 1. The van der Waals surface area contributed by atoms with Crippen LogP contribution in [0.1, 0.15) is 21.5 Å². The summed E-state index contributed by atoms with van der Waals surface area (Å²) in [6, 6.07) is 10.7. The molecule has 19 heavy (non-hydrogen) atoms. The van der Waals surface area contributed by atoms with Crippen molar-refractivity contribution in [2.45, 2.75) is 13.8 Å². The maximum absolute atomic E-state index is 12.2. The van der Waals surface area contributed by atoms with Crippen LogP contribution in [0.15, 0.2) is 36.4 Å². The number of nitrogen functional groups attached to an aromatic ring is 1. The van der Waals surface area contributed by atoms with Gasteiger partial charge in [0.2, 0.25) is 0 Å². The zero-order valence-electron chi connectivity index (χ0n) is 10.8. The second kappa shape index (κ2) is 5.33. The molecular formula is C15H15ClN2O. The van der Waals surface area contributed by atoms with Crippen LogP contribution in [0.25, 0.3) is 0 Å². The maximum Gasteiger partial charge on any atom is 0.255 e. The zero-order chi connectivity index (χ0) is 14.0. The van der Waals surface area contributed by atoms with E-state index in [9.17, 15) is 4.79 Å². The third-order valence-corrected chi connectivity index (χ3v) is 3.21. The molecule has 0 fully saturated rings. The van der Waals surface area contributed by atoms with Crippen molar-refractivity contribution in [1.82, 2.24) is 0 Å². The average molecular weight is 275 g/mol. The number of carbonyl (C=O) groups excluding carboxylic acids is 1. The molecule has 0 radical (unpaired) electrons. The predicted molar refractivity (Wildman–Crippen MR) is 79.7 cm³/mol. The van der Waals surface area contributed by atoms with Gasteiger partial charge in [0, 0.05) is 11.3 Å². The van der Waals surface area contributed by atoms with Crippen molar-refractivity contribution in [3.63, 3.8) is 0 Å². The summed E-state index contributed by atoms with van der Waals surface area (Å²) in [6.07, 6.45) is 0. The van der Waals surface area contributed by atoms with Crippen molar-refractivity contribution >= 4 is 28.9 Å². The Hall–Kier alpha value is -2.00. The molecule has 0 saturated heterocycles. The first-order valence-electron chi connectivity index (χ1n) is 5.91. The molecule has 0 atom stereocenters. The number of aryl methyl sites for hydroxylation is 2. The number of nitrogens with two attached hydrogens (primary N) is 1. The highest BCUT2D eigenvalue weighted by Gasteiger charge is 2.11. The minimum absolute atomic E-state index is 0.186. The Morgan fingerprint density at radius 3 is 2.63 bits per heavy atom. The summed E-state index contributed by atoms with van der Waals surface area (Å²) in [7, 11) is 0. The van der Waals surface area contributed by atoms with E-state index in [1.54, 1.807) is 18.2 Å². The van der Waals surface area contributed by atoms with Crippen LogP contribution in [-0.4, -0.2) is 5.91 Å². The van der Waals surface area contributed by atoms with Gasteiger partial charge in [-0.25, -0.2) is 0 Å². The Balaban J connectivity index is 2.30. The van der Waals surface area contributed by atoms with E-state index < -0.39 is 0 Å². The van der Waals surface area contributed by atoms with E-state index >= 15 is 0 Å². The van der Waals surface area contributed by atoms with E-state index in [1.807, 2.05) is 32.0 Å². The van der Waals surface area contributed by atoms with Gasteiger partial charge in [-0.2, -0.15) is 0 Å². The van der Waals surface area contributed by atoms with Gasteiger partial charge in [-0.15, -0.1) is 0 Å². The number of nitrogens with one attached hydrogen (secondary N) is 1. The summed E-state index contributed by atoms with van der Waals surface area (Å²) in [5, 5.41) is 3.25. The summed E-state index contributed by atoms with van der Waals surface area (Å²) < 4.78 is 0. The first-order chi connectivity index (χ1) is 8.97. The van der Waals surface area contributed by atoms with Crippen LogP contribution < -0.4 is 11.1 Å². The quantitative estimate of drug-likeness (QED) is 0.819. The second-order valence-electron chi connectivity index (χ2n) is 4.51. The highest BCUT2D eigenvalue weighted by atomic mass is 35.5. The Morgan fingerprint density at radius 1 is 1.16 bits per heavy atom. The van der Waals surface area contributed by atoms with Crippen LogP contribution in [0, 0.1) is 13.8 Å². The fourth-order valence-corrected chi connectivity index (χ4v) is 1.97. The number of hydrogen-bond acceptors (Lipinski definition) is 2. The molecule has 0 aromatic heterocycles. The molecule has 0 aliphatic rings. The van der Waals surface area contributed by atoms with Crippen molar-refractivity contribution in [2.24, 2.45) is 0 Å². The summed E-state index contributed by atoms with van der Waals surface area (Å²) in [5.74, 6) is -0.186. The highest BCUT2D eigenvalue weighted by Crippen LogP contribution is 2.25. The Bertz CT molecular complexity index is 638. The van der Waals surface area contributed by atoms with E-state index in [0.29, 0.717) is 22.0 Å². The lowest BCUT2D eigenvalue weighted by molar-refractivity contribution is 0.102. The van der Waals surface area contributed by atoms with E-state index in [-0.39, 0.29) is 5.91 Å². The molecule has 2 aromatic rings. The van der Waals surface area contributed by atoms with Gasteiger partial charge in [-0.3, -0.25) is 4.79 Å². The van der Waals surface area contributed by atoms with Crippen molar-refractivity contribution in [2.75, 3.05) is 11.1 Å². The van der Waals surface area contributed by atoms with E-state index in [2.05, 4.69) is 5.32 Å². The topological polar surface area (TPSA) is 55.1 Å². The SMILES string of the molecule is Cc1ccc(C)c(C(=O)Nc2cc(N)ccc2Cl)c1. The largest absolute Gasteiger partial charge is 0.399 e. The van der Waals surface area contributed by atoms with Crippen molar-refractivity contribution in [1.29, 1.82) is 0 Å². The van der Waals surface area contributed by atoms with Crippen LogP contribution in [0.3, 0.4) is 0 Å². The highest BCUT2D eigenvalue weighted by molar-refractivity contribution is 6.34. The molecule has 0 saturated carbocycles. The van der Waals surface area contributed by atoms with Crippen molar-refractivity contribution < 1.29 is 4.79 Å². The van der Waals surface area contributed by atoms with E-state index in [1.165, 1.54) is 0 Å². The monoisotopic (exact) mass is 274 g/mol. The number of halogens is 1. The lowest BCUT2D eigenvalue weighted by atomic mass is 10.0. The van der Waals surface area contributed by atoms with Gasteiger partial charge in [0.05, 0.1) is 10.7 Å². The molecule has 2 aromatic carbocycles. The Kier molecular flexibility index (Phi) is 3.76. The Morgan fingerprint density at radius 2 is 1.89 bits per heavy atom. The lowest BCUT2D eigenvalue weighted by Gasteiger charge is -2.10. The first kappa shape index (κ1) is 13.4. The first-order valence-corrected chi connectivity index (χ1v) is 6.29. The van der Waals surface area contributed by atoms with Gasteiger partial charge >= 0.3 is 0 Å². The maximum atomic E-state index is 12.2. The van der Waals surface area contributed by atoms with E-state index in [4.69, 9.17) is 17.3 Å². The molecule has 0 aliphatic heterocycles. The molecule has 0 aliphatic carbocycles. The number of rotatable bonds is 2. The van der Waals surface area contributed by atoms with Crippen LogP contribution in [-0.2, 0) is 0 Å². The number of hydrogen-bond donors (Lipinski definition) is 2. The number of amides is 1. The summed E-state index contributed by atoms with van der Waals surface area (Å²) in [4.78, 5) is 12.2. The van der Waals surface area contributed by atoms with Gasteiger partial charge in [0.1, 0.15) is 0 Å². The smallest absolute Gasteiger partial charge is 0.255 e. The van der Waals surface area contributed by atoms with Gasteiger partial charge in [0.25, 0.3) is 5.91 Å². The predicted octanol–water partition coefficient (Wildman–Crippen LogP) is 3.79. The second-order valence-corrected chi connectivity index (χ2v) is 4.92. The van der Waals surface area contributed by atoms with Gasteiger partial charge in [0.15, 0.2) is 0 Å². The Labute approximate surface area is 117 Å². The molecule has 3 N–H and O–H groups in total. The molecule has 98 valence electrons. The van der Waals surface area contributed by atoms with E-state index in [0.717, 1.165) is 11.1 Å². The number of benzene rings is 2. The van der Waals surface area contributed by atoms with Crippen molar-refractivity contribution in [3.8, 4) is 0 Å². The minimum atomic E-state index is -0.186. The molecule has 2 rings (SSSR count). The van der Waals surface area contributed by atoms with Gasteiger partial charge < -0.3 is 11.1 Å². The standard InChI is InChI=1S/C15H15ClN2O/c1-9-3-4-10(2)12(7-9)15(19)18-14-8-11(17)5-6-13(14)16/h3-8H,17H2,1-2H3,(H,18,19). The van der Waals surface area contributed by atoms with Crippen LogP contribution in [0.2, 0.25) is 5.02 Å². The van der Waals surface area contributed by atoms with Gasteiger partial charge in [-0.05, 0) is 43.7 Å².